The van der Waals surface area contributed by atoms with Crippen LogP contribution in [0.1, 0.15) is 26.7 Å². The zero-order valence-corrected chi connectivity index (χ0v) is 12.7. The molecule has 0 bridgehead atoms. The van der Waals surface area contributed by atoms with Crippen molar-refractivity contribution in [2.75, 3.05) is 0 Å². The Bertz CT molecular complexity index is 341. The summed E-state index contributed by atoms with van der Waals surface area (Å²) in [6.07, 6.45) is 2.64. The average Bonchev–Trinajstić information content (AvgIpc) is 2.41. The van der Waals surface area contributed by atoms with Crippen LogP contribution in [0.4, 0.5) is 0 Å². The molecule has 0 heterocycles. The highest BCUT2D eigenvalue weighted by Crippen LogP contribution is 1.85. The minimum absolute atomic E-state index is 0.0287. The molecular formula is C16H20I+. The van der Waals surface area contributed by atoms with E-state index in [2.05, 4.69) is 74.5 Å². The summed E-state index contributed by atoms with van der Waals surface area (Å²) in [6, 6.07) is 21.4. The summed E-state index contributed by atoms with van der Waals surface area (Å²) < 4.78 is 2.96. The fourth-order valence-corrected chi connectivity index (χ4v) is 3.35. The third-order valence-electron chi connectivity index (χ3n) is 2.18. The van der Waals surface area contributed by atoms with Crippen LogP contribution in [0.15, 0.2) is 60.7 Å². The van der Waals surface area contributed by atoms with Crippen molar-refractivity contribution >= 4 is 0 Å². The third-order valence-corrected chi connectivity index (χ3v) is 4.87. The van der Waals surface area contributed by atoms with Gasteiger partial charge in [-0.2, -0.15) is 0 Å². The van der Waals surface area contributed by atoms with E-state index in [0.717, 1.165) is 0 Å². The van der Waals surface area contributed by atoms with Gasteiger partial charge in [0.1, 0.15) is 0 Å². The zero-order chi connectivity index (χ0) is 12.3. The molecule has 0 aliphatic rings. The minimum atomic E-state index is 0.0287. The summed E-state index contributed by atoms with van der Waals surface area (Å²) in [5.41, 5.74) is 0. The molecule has 0 N–H and O–H groups in total. The van der Waals surface area contributed by atoms with Crippen molar-refractivity contribution in [3.05, 3.63) is 67.8 Å². The minimum Gasteiger partial charge on any atom is -0.0654 e. The van der Waals surface area contributed by atoms with Gasteiger partial charge in [0.2, 0.25) is 0 Å². The molecule has 2 rings (SSSR count). The number of halogens is 1. The Morgan fingerprint density at radius 2 is 1.00 bits per heavy atom. The maximum atomic E-state index is 2.21. The average molecular weight is 339 g/mol. The monoisotopic (exact) mass is 339 g/mol. The zero-order valence-electron chi connectivity index (χ0n) is 10.6. The summed E-state index contributed by atoms with van der Waals surface area (Å²) in [5.74, 6) is 0. The topological polar surface area (TPSA) is 0 Å². The van der Waals surface area contributed by atoms with Crippen LogP contribution < -0.4 is 21.2 Å². The van der Waals surface area contributed by atoms with E-state index in [0.29, 0.717) is 0 Å². The third kappa shape index (κ3) is 6.47. The SMILES string of the molecule is CCCC.c1ccc([I+]c2ccccc2)cc1. The lowest BCUT2D eigenvalue weighted by atomic mass is 10.4. The first kappa shape index (κ1) is 14.2. The first-order chi connectivity index (χ1) is 8.36. The van der Waals surface area contributed by atoms with Gasteiger partial charge in [0.25, 0.3) is 0 Å². The van der Waals surface area contributed by atoms with Gasteiger partial charge in [-0.1, -0.05) is 63.1 Å². The van der Waals surface area contributed by atoms with E-state index >= 15 is 0 Å². The summed E-state index contributed by atoms with van der Waals surface area (Å²) in [7, 11) is 0. The van der Waals surface area contributed by atoms with Crippen LogP contribution in [0.2, 0.25) is 0 Å². The molecule has 0 amide bonds. The molecule has 17 heavy (non-hydrogen) atoms. The highest BCUT2D eigenvalue weighted by Gasteiger charge is 2.12. The Morgan fingerprint density at radius 3 is 1.29 bits per heavy atom. The standard InChI is InChI=1S/C12H10I.C4H10/c1-3-7-11(8-4-1)13-12-9-5-2-6-10-12;1-3-4-2/h1-10H;3-4H2,1-2H3/q+1;. The van der Waals surface area contributed by atoms with E-state index < -0.39 is 0 Å². The van der Waals surface area contributed by atoms with Gasteiger partial charge in [0.15, 0.2) is 7.14 Å². The molecule has 0 saturated carbocycles. The predicted octanol–water partition coefficient (Wildman–Crippen LogP) is 1.62. The maximum absolute atomic E-state index is 2.21. The molecule has 1 heteroatoms. The van der Waals surface area contributed by atoms with Crippen LogP contribution >= 0.6 is 0 Å². The van der Waals surface area contributed by atoms with Crippen LogP contribution in [0.25, 0.3) is 0 Å². The van der Waals surface area contributed by atoms with Gasteiger partial charge in [-0.05, 0) is 24.3 Å². The van der Waals surface area contributed by atoms with Crippen LogP contribution in [0, 0.1) is 7.14 Å². The van der Waals surface area contributed by atoms with Crippen molar-refractivity contribution in [3.63, 3.8) is 0 Å². The summed E-state index contributed by atoms with van der Waals surface area (Å²) in [6.45, 7) is 4.36. The Hall–Kier alpha value is -0.830. The lowest BCUT2D eigenvalue weighted by Gasteiger charge is -1.84. The second-order valence-corrected chi connectivity index (χ2v) is 6.72. The first-order valence-electron chi connectivity index (χ1n) is 6.11. The van der Waals surface area contributed by atoms with Crippen molar-refractivity contribution in [3.8, 4) is 0 Å². The molecule has 2 aromatic rings. The largest absolute Gasteiger partial charge is 0.357 e. The molecule has 90 valence electrons. The summed E-state index contributed by atoms with van der Waals surface area (Å²) >= 11 is 0.0287. The highest BCUT2D eigenvalue weighted by molar-refractivity contribution is 5.02. The summed E-state index contributed by atoms with van der Waals surface area (Å²) in [4.78, 5) is 0. The van der Waals surface area contributed by atoms with Gasteiger partial charge in [-0.3, -0.25) is 0 Å². The highest BCUT2D eigenvalue weighted by atomic mass is 127. The van der Waals surface area contributed by atoms with E-state index in [4.69, 9.17) is 0 Å². The van der Waals surface area contributed by atoms with E-state index in [1.165, 1.54) is 20.0 Å². The molecule has 0 fully saturated rings. The number of hydrogen-bond donors (Lipinski definition) is 0. The molecular weight excluding hydrogens is 319 g/mol. The summed E-state index contributed by atoms with van der Waals surface area (Å²) in [5, 5.41) is 0. The second-order valence-electron chi connectivity index (χ2n) is 3.69. The van der Waals surface area contributed by atoms with Crippen molar-refractivity contribution in [1.29, 1.82) is 0 Å². The van der Waals surface area contributed by atoms with E-state index in [1.54, 1.807) is 0 Å². The molecule has 0 unspecified atom stereocenters. The number of unbranched alkanes of at least 4 members (excludes halogenated alkanes) is 1. The van der Waals surface area contributed by atoms with Crippen LogP contribution in [-0.2, 0) is 0 Å². The quantitative estimate of drug-likeness (QED) is 0.746. The second kappa shape index (κ2) is 9.23. The molecule has 0 nitrogen and oxygen atoms in total. The Labute approximate surface area is 115 Å². The lowest BCUT2D eigenvalue weighted by Crippen LogP contribution is -3.61. The predicted molar refractivity (Wildman–Crippen MR) is 70.9 cm³/mol. The van der Waals surface area contributed by atoms with Crippen LogP contribution in [-0.4, -0.2) is 0 Å². The maximum Gasteiger partial charge on any atom is 0.357 e. The van der Waals surface area contributed by atoms with Gasteiger partial charge in [0, 0.05) is 0 Å². The normalized spacial score (nSPS) is 9.29. The van der Waals surface area contributed by atoms with Gasteiger partial charge >= 0.3 is 21.2 Å². The Balaban J connectivity index is 0.000000317. The molecule has 0 aromatic heterocycles. The van der Waals surface area contributed by atoms with Gasteiger partial charge in [-0.15, -0.1) is 0 Å². The van der Waals surface area contributed by atoms with Gasteiger partial charge < -0.3 is 0 Å². The van der Waals surface area contributed by atoms with Crippen LogP contribution in [0.3, 0.4) is 0 Å². The first-order valence-corrected chi connectivity index (χ1v) is 8.27. The smallest absolute Gasteiger partial charge is 0.0654 e. The van der Waals surface area contributed by atoms with Crippen molar-refractivity contribution in [2.45, 2.75) is 26.7 Å². The fourth-order valence-electron chi connectivity index (χ4n) is 1.08. The van der Waals surface area contributed by atoms with Crippen molar-refractivity contribution < 1.29 is 21.2 Å². The fraction of sp³-hybridized carbons (Fsp3) is 0.250. The number of rotatable bonds is 3. The Morgan fingerprint density at radius 1 is 0.647 bits per heavy atom. The van der Waals surface area contributed by atoms with Crippen LogP contribution in [0.5, 0.6) is 0 Å². The van der Waals surface area contributed by atoms with Crippen molar-refractivity contribution in [2.24, 2.45) is 0 Å². The lowest BCUT2D eigenvalue weighted by molar-refractivity contribution is -0.597. The molecule has 0 aliphatic heterocycles. The number of hydrogen-bond acceptors (Lipinski definition) is 0. The Kier molecular flexibility index (Phi) is 7.72. The number of benzene rings is 2. The van der Waals surface area contributed by atoms with E-state index in [-0.39, 0.29) is 21.2 Å². The molecule has 0 radical (unpaired) electrons. The molecule has 0 aliphatic carbocycles. The van der Waals surface area contributed by atoms with E-state index in [1.807, 2.05) is 0 Å². The molecule has 2 aromatic carbocycles. The van der Waals surface area contributed by atoms with Crippen molar-refractivity contribution in [1.82, 2.24) is 0 Å². The molecule has 0 atom stereocenters. The molecule has 0 spiro atoms. The molecule has 0 saturated heterocycles. The van der Waals surface area contributed by atoms with Gasteiger partial charge in [0.05, 0.1) is 0 Å². The van der Waals surface area contributed by atoms with Gasteiger partial charge in [-0.25, -0.2) is 0 Å². The van der Waals surface area contributed by atoms with E-state index in [9.17, 15) is 0 Å².